The number of nitrogens with zero attached hydrogens (tertiary/aromatic N) is 1. The Morgan fingerprint density at radius 2 is 2.13 bits per heavy atom. The summed E-state index contributed by atoms with van der Waals surface area (Å²) < 4.78 is 4.84. The van der Waals surface area contributed by atoms with Gasteiger partial charge in [0.1, 0.15) is 0 Å². The minimum absolute atomic E-state index is 0.0473. The van der Waals surface area contributed by atoms with Crippen molar-refractivity contribution in [1.82, 2.24) is 15.5 Å². The molecule has 0 saturated carbocycles. The van der Waals surface area contributed by atoms with E-state index in [4.69, 9.17) is 4.74 Å². The molecular weight excluding hydrogens is 194 g/mol. The van der Waals surface area contributed by atoms with Crippen molar-refractivity contribution in [3.63, 3.8) is 0 Å². The highest BCUT2D eigenvalue weighted by Gasteiger charge is 2.04. The lowest BCUT2D eigenvalue weighted by molar-refractivity contribution is -0.122. The van der Waals surface area contributed by atoms with Crippen molar-refractivity contribution in [2.24, 2.45) is 0 Å². The van der Waals surface area contributed by atoms with Crippen LogP contribution in [0.3, 0.4) is 0 Å². The number of hydrogen-bond acceptors (Lipinski definition) is 4. The predicted molar refractivity (Wildman–Crippen MR) is 60.9 cm³/mol. The Balaban J connectivity index is 3.40. The van der Waals surface area contributed by atoms with Crippen molar-refractivity contribution in [3.8, 4) is 0 Å². The Morgan fingerprint density at radius 1 is 1.40 bits per heavy atom. The average Bonchev–Trinajstić information content (AvgIpc) is 2.18. The van der Waals surface area contributed by atoms with E-state index in [1.54, 1.807) is 7.11 Å². The Morgan fingerprint density at radius 3 is 2.73 bits per heavy atom. The molecule has 0 aliphatic heterocycles. The minimum Gasteiger partial charge on any atom is -0.383 e. The van der Waals surface area contributed by atoms with E-state index in [9.17, 15) is 4.79 Å². The second-order valence-electron chi connectivity index (χ2n) is 3.43. The van der Waals surface area contributed by atoms with E-state index >= 15 is 0 Å². The van der Waals surface area contributed by atoms with E-state index in [1.807, 2.05) is 11.9 Å². The molecule has 0 unspecified atom stereocenters. The SMILES string of the molecule is CCNCCN(C)CC(=O)NCCOC. The Hall–Kier alpha value is -0.650. The van der Waals surface area contributed by atoms with Gasteiger partial charge in [0.2, 0.25) is 5.91 Å². The molecular formula is C10H23N3O2. The van der Waals surface area contributed by atoms with Crippen LogP contribution in [-0.2, 0) is 9.53 Å². The number of amides is 1. The molecule has 2 N–H and O–H groups in total. The van der Waals surface area contributed by atoms with Gasteiger partial charge >= 0.3 is 0 Å². The van der Waals surface area contributed by atoms with Gasteiger partial charge in [-0.25, -0.2) is 0 Å². The fourth-order valence-corrected chi connectivity index (χ4v) is 1.12. The van der Waals surface area contributed by atoms with Gasteiger partial charge in [0.15, 0.2) is 0 Å². The van der Waals surface area contributed by atoms with Crippen LogP contribution in [0.25, 0.3) is 0 Å². The maximum Gasteiger partial charge on any atom is 0.234 e. The van der Waals surface area contributed by atoms with Gasteiger partial charge in [0.05, 0.1) is 13.2 Å². The van der Waals surface area contributed by atoms with E-state index in [2.05, 4.69) is 17.6 Å². The Labute approximate surface area is 92.2 Å². The van der Waals surface area contributed by atoms with E-state index in [1.165, 1.54) is 0 Å². The third kappa shape index (κ3) is 9.65. The third-order valence-corrected chi connectivity index (χ3v) is 1.96. The molecule has 0 aromatic rings. The maximum absolute atomic E-state index is 11.3. The van der Waals surface area contributed by atoms with Crippen molar-refractivity contribution < 1.29 is 9.53 Å². The van der Waals surface area contributed by atoms with Crippen LogP contribution in [0, 0.1) is 0 Å². The molecule has 0 heterocycles. The molecule has 0 saturated heterocycles. The van der Waals surface area contributed by atoms with Gasteiger partial charge in [0, 0.05) is 26.7 Å². The first kappa shape index (κ1) is 14.3. The topological polar surface area (TPSA) is 53.6 Å². The number of nitrogens with one attached hydrogen (secondary N) is 2. The fourth-order valence-electron chi connectivity index (χ4n) is 1.12. The maximum atomic E-state index is 11.3. The van der Waals surface area contributed by atoms with Gasteiger partial charge in [-0.1, -0.05) is 6.92 Å². The summed E-state index contributed by atoms with van der Waals surface area (Å²) in [5.41, 5.74) is 0. The van der Waals surface area contributed by atoms with Gasteiger partial charge in [-0.3, -0.25) is 9.69 Å². The van der Waals surface area contributed by atoms with Gasteiger partial charge in [-0.15, -0.1) is 0 Å². The fraction of sp³-hybridized carbons (Fsp3) is 0.900. The Bertz CT molecular complexity index is 165. The van der Waals surface area contributed by atoms with Gasteiger partial charge in [0.25, 0.3) is 0 Å². The number of rotatable bonds is 9. The van der Waals surface area contributed by atoms with Crippen molar-refractivity contribution in [3.05, 3.63) is 0 Å². The number of ether oxygens (including phenoxy) is 1. The molecule has 0 rings (SSSR count). The molecule has 1 amide bonds. The molecule has 15 heavy (non-hydrogen) atoms. The van der Waals surface area contributed by atoms with Gasteiger partial charge in [-0.2, -0.15) is 0 Å². The number of methoxy groups -OCH3 is 1. The van der Waals surface area contributed by atoms with E-state index in [-0.39, 0.29) is 5.91 Å². The minimum atomic E-state index is 0.0473. The summed E-state index contributed by atoms with van der Waals surface area (Å²) >= 11 is 0. The summed E-state index contributed by atoms with van der Waals surface area (Å²) in [5.74, 6) is 0.0473. The first-order chi connectivity index (χ1) is 7.20. The summed E-state index contributed by atoms with van der Waals surface area (Å²) in [6, 6.07) is 0. The van der Waals surface area contributed by atoms with Crippen molar-refractivity contribution in [2.75, 3.05) is 53.5 Å². The largest absolute Gasteiger partial charge is 0.383 e. The number of hydrogen-bond donors (Lipinski definition) is 2. The van der Waals surface area contributed by atoms with Crippen LogP contribution >= 0.6 is 0 Å². The van der Waals surface area contributed by atoms with E-state index in [0.717, 1.165) is 19.6 Å². The number of likely N-dealkylation sites (N-methyl/N-ethyl adjacent to an activating group) is 2. The molecule has 5 heteroatoms. The van der Waals surface area contributed by atoms with Crippen LogP contribution < -0.4 is 10.6 Å². The molecule has 0 aliphatic carbocycles. The number of carbonyl (C=O) groups excluding carboxylic acids is 1. The molecule has 0 aromatic heterocycles. The first-order valence-electron chi connectivity index (χ1n) is 5.35. The summed E-state index contributed by atoms with van der Waals surface area (Å²) in [5, 5.41) is 5.99. The molecule has 0 spiro atoms. The highest BCUT2D eigenvalue weighted by Crippen LogP contribution is 1.80. The second-order valence-corrected chi connectivity index (χ2v) is 3.43. The first-order valence-corrected chi connectivity index (χ1v) is 5.35. The van der Waals surface area contributed by atoms with E-state index in [0.29, 0.717) is 19.7 Å². The lowest BCUT2D eigenvalue weighted by Gasteiger charge is -2.16. The van der Waals surface area contributed by atoms with Crippen molar-refractivity contribution in [1.29, 1.82) is 0 Å². The van der Waals surface area contributed by atoms with Crippen LogP contribution in [0.4, 0.5) is 0 Å². The van der Waals surface area contributed by atoms with Crippen LogP contribution in [0.2, 0.25) is 0 Å². The lowest BCUT2D eigenvalue weighted by atomic mass is 10.4. The summed E-state index contributed by atoms with van der Waals surface area (Å²) in [6.07, 6.45) is 0. The highest BCUT2D eigenvalue weighted by molar-refractivity contribution is 5.77. The van der Waals surface area contributed by atoms with Crippen molar-refractivity contribution in [2.45, 2.75) is 6.92 Å². The normalized spacial score (nSPS) is 10.7. The standard InChI is InChI=1S/C10H23N3O2/c1-4-11-5-7-13(2)9-10(14)12-6-8-15-3/h11H,4-9H2,1-3H3,(H,12,14). The average molecular weight is 217 g/mol. The predicted octanol–water partition coefficient (Wildman–Crippen LogP) is -0.710. The van der Waals surface area contributed by atoms with E-state index < -0.39 is 0 Å². The number of carbonyl (C=O) groups is 1. The smallest absolute Gasteiger partial charge is 0.234 e. The molecule has 0 aromatic carbocycles. The van der Waals surface area contributed by atoms with Gasteiger partial charge < -0.3 is 15.4 Å². The molecule has 90 valence electrons. The highest BCUT2D eigenvalue weighted by atomic mass is 16.5. The molecule has 0 aliphatic rings. The van der Waals surface area contributed by atoms with Crippen LogP contribution in [-0.4, -0.2) is 64.3 Å². The summed E-state index contributed by atoms with van der Waals surface area (Å²) in [6.45, 7) is 6.41. The second kappa shape index (κ2) is 9.89. The van der Waals surface area contributed by atoms with Crippen molar-refractivity contribution >= 4 is 5.91 Å². The summed E-state index contributed by atoms with van der Waals surface area (Å²) in [7, 11) is 3.56. The van der Waals surface area contributed by atoms with Crippen LogP contribution in [0.1, 0.15) is 6.92 Å². The zero-order valence-electron chi connectivity index (χ0n) is 10.0. The monoisotopic (exact) mass is 217 g/mol. The lowest BCUT2D eigenvalue weighted by Crippen LogP contribution is -2.39. The molecule has 0 atom stereocenters. The quantitative estimate of drug-likeness (QED) is 0.501. The molecule has 5 nitrogen and oxygen atoms in total. The van der Waals surface area contributed by atoms with Crippen LogP contribution in [0.15, 0.2) is 0 Å². The Kier molecular flexibility index (Phi) is 9.46. The summed E-state index contributed by atoms with van der Waals surface area (Å²) in [4.78, 5) is 13.3. The zero-order chi connectivity index (χ0) is 11.5. The molecule has 0 fully saturated rings. The van der Waals surface area contributed by atoms with Crippen LogP contribution in [0.5, 0.6) is 0 Å². The third-order valence-electron chi connectivity index (χ3n) is 1.96. The molecule has 0 bridgehead atoms. The molecule has 0 radical (unpaired) electrons. The zero-order valence-corrected chi connectivity index (χ0v) is 10.0. The van der Waals surface area contributed by atoms with Gasteiger partial charge in [-0.05, 0) is 13.6 Å².